The van der Waals surface area contributed by atoms with Crippen molar-refractivity contribution in [2.45, 2.75) is 6.54 Å². The van der Waals surface area contributed by atoms with E-state index in [1.807, 2.05) is 0 Å². The Balaban J connectivity index is 1.98. The van der Waals surface area contributed by atoms with Crippen LogP contribution in [0.5, 0.6) is 5.75 Å². The lowest BCUT2D eigenvalue weighted by atomic mass is 10.2. The molecule has 0 radical (unpaired) electrons. The second-order valence-corrected chi connectivity index (χ2v) is 5.47. The fourth-order valence-electron chi connectivity index (χ4n) is 1.96. The summed E-state index contributed by atoms with van der Waals surface area (Å²) in [4.78, 5) is 23.6. The number of halogens is 2. The Bertz CT molecular complexity index is 752. The fraction of sp³-hybridized carbons (Fsp3) is 0.188. The Hall–Kier alpha value is -2.67. The minimum absolute atomic E-state index is 0.284. The number of nitro benzene ring substituents is 1. The molecule has 0 N–H and O–H groups in total. The number of nitro groups is 1. The molecule has 0 bridgehead atoms. The Morgan fingerprint density at radius 3 is 2.58 bits per heavy atom. The Labute approximate surface area is 142 Å². The van der Waals surface area contributed by atoms with Crippen molar-refractivity contribution in [1.82, 2.24) is 4.90 Å². The van der Waals surface area contributed by atoms with Gasteiger partial charge in [-0.3, -0.25) is 14.9 Å². The molecule has 24 heavy (non-hydrogen) atoms. The molecule has 0 aliphatic heterocycles. The van der Waals surface area contributed by atoms with Crippen LogP contribution in [0, 0.1) is 15.9 Å². The van der Waals surface area contributed by atoms with Gasteiger partial charge in [-0.1, -0.05) is 23.7 Å². The molecule has 0 saturated heterocycles. The van der Waals surface area contributed by atoms with Crippen LogP contribution in [0.15, 0.2) is 42.5 Å². The van der Waals surface area contributed by atoms with Crippen LogP contribution < -0.4 is 4.74 Å². The SMILES string of the molecule is CN(Cc1ccc(Cl)cc1)C(=O)COc1cc(F)ccc1[N+](=O)[O-]. The summed E-state index contributed by atoms with van der Waals surface area (Å²) in [6.07, 6.45) is 0. The largest absolute Gasteiger partial charge is 0.477 e. The van der Waals surface area contributed by atoms with Crippen LogP contribution in [0.25, 0.3) is 0 Å². The van der Waals surface area contributed by atoms with Crippen LogP contribution in [0.3, 0.4) is 0 Å². The molecule has 0 aliphatic carbocycles. The molecule has 126 valence electrons. The van der Waals surface area contributed by atoms with E-state index < -0.39 is 28.9 Å². The zero-order valence-corrected chi connectivity index (χ0v) is 13.5. The molecule has 2 rings (SSSR count). The number of rotatable bonds is 6. The third kappa shape index (κ3) is 4.66. The highest BCUT2D eigenvalue weighted by Gasteiger charge is 2.18. The van der Waals surface area contributed by atoms with Gasteiger partial charge >= 0.3 is 5.69 Å². The zero-order chi connectivity index (χ0) is 17.7. The normalized spacial score (nSPS) is 10.3. The molecular weight excluding hydrogens is 339 g/mol. The van der Waals surface area contributed by atoms with Gasteiger partial charge < -0.3 is 9.64 Å². The first-order valence-electron chi connectivity index (χ1n) is 6.92. The first-order chi connectivity index (χ1) is 11.4. The highest BCUT2D eigenvalue weighted by Crippen LogP contribution is 2.27. The van der Waals surface area contributed by atoms with Gasteiger partial charge in [0.15, 0.2) is 6.61 Å². The van der Waals surface area contributed by atoms with Crippen molar-refractivity contribution in [1.29, 1.82) is 0 Å². The monoisotopic (exact) mass is 352 g/mol. The number of hydrogen-bond acceptors (Lipinski definition) is 4. The maximum atomic E-state index is 13.2. The highest BCUT2D eigenvalue weighted by atomic mass is 35.5. The van der Waals surface area contributed by atoms with Crippen molar-refractivity contribution in [3.05, 3.63) is 69.0 Å². The summed E-state index contributed by atoms with van der Waals surface area (Å²) in [6.45, 7) is -0.112. The van der Waals surface area contributed by atoms with Crippen molar-refractivity contribution >= 4 is 23.2 Å². The second kappa shape index (κ2) is 7.74. The van der Waals surface area contributed by atoms with Crippen LogP contribution in [-0.4, -0.2) is 29.4 Å². The second-order valence-electron chi connectivity index (χ2n) is 5.03. The van der Waals surface area contributed by atoms with E-state index in [-0.39, 0.29) is 5.75 Å². The topological polar surface area (TPSA) is 72.7 Å². The smallest absolute Gasteiger partial charge is 0.311 e. The van der Waals surface area contributed by atoms with E-state index in [2.05, 4.69) is 0 Å². The number of ether oxygens (including phenoxy) is 1. The molecule has 6 nitrogen and oxygen atoms in total. The molecule has 0 fully saturated rings. The van der Waals surface area contributed by atoms with Crippen LogP contribution in [0.1, 0.15) is 5.56 Å². The molecule has 0 saturated carbocycles. The first-order valence-corrected chi connectivity index (χ1v) is 7.30. The molecule has 2 aromatic carbocycles. The molecule has 0 spiro atoms. The average molecular weight is 353 g/mol. The molecule has 0 aromatic heterocycles. The summed E-state index contributed by atoms with van der Waals surface area (Å²) in [7, 11) is 1.57. The van der Waals surface area contributed by atoms with Crippen LogP contribution >= 0.6 is 11.6 Å². The molecule has 0 unspecified atom stereocenters. The molecule has 0 heterocycles. The lowest BCUT2D eigenvalue weighted by molar-refractivity contribution is -0.385. The summed E-state index contributed by atoms with van der Waals surface area (Å²) in [5, 5.41) is 11.5. The van der Waals surface area contributed by atoms with Gasteiger partial charge in [0.2, 0.25) is 5.75 Å². The van der Waals surface area contributed by atoms with Crippen molar-refractivity contribution in [3.63, 3.8) is 0 Å². The molecule has 0 aliphatic rings. The van der Waals surface area contributed by atoms with E-state index in [9.17, 15) is 19.3 Å². The van der Waals surface area contributed by atoms with E-state index in [0.29, 0.717) is 11.6 Å². The number of amides is 1. The number of nitrogens with zero attached hydrogens (tertiary/aromatic N) is 2. The van der Waals surface area contributed by atoms with E-state index in [1.54, 1.807) is 31.3 Å². The summed E-state index contributed by atoms with van der Waals surface area (Å²) in [5.74, 6) is -1.37. The van der Waals surface area contributed by atoms with Gasteiger partial charge in [-0.25, -0.2) is 4.39 Å². The van der Waals surface area contributed by atoms with Crippen molar-refractivity contribution in [2.75, 3.05) is 13.7 Å². The maximum Gasteiger partial charge on any atom is 0.311 e. The third-order valence-electron chi connectivity index (χ3n) is 3.23. The Morgan fingerprint density at radius 1 is 1.29 bits per heavy atom. The van der Waals surface area contributed by atoms with Gasteiger partial charge in [0, 0.05) is 30.7 Å². The maximum absolute atomic E-state index is 13.2. The predicted molar refractivity (Wildman–Crippen MR) is 86.5 cm³/mol. The van der Waals surface area contributed by atoms with E-state index in [0.717, 1.165) is 23.8 Å². The van der Waals surface area contributed by atoms with E-state index in [4.69, 9.17) is 16.3 Å². The van der Waals surface area contributed by atoms with Crippen LogP contribution in [0.2, 0.25) is 5.02 Å². The van der Waals surface area contributed by atoms with Crippen LogP contribution in [0.4, 0.5) is 10.1 Å². The molecule has 8 heteroatoms. The van der Waals surface area contributed by atoms with Gasteiger partial charge in [0.05, 0.1) is 4.92 Å². The summed E-state index contributed by atoms with van der Waals surface area (Å²) in [6, 6.07) is 9.81. The number of likely N-dealkylation sites (N-methyl/N-ethyl adjacent to an activating group) is 1. The van der Waals surface area contributed by atoms with Gasteiger partial charge in [0.1, 0.15) is 5.82 Å². The lowest BCUT2D eigenvalue weighted by Crippen LogP contribution is -2.31. The van der Waals surface area contributed by atoms with Gasteiger partial charge in [-0.15, -0.1) is 0 Å². The van der Waals surface area contributed by atoms with Gasteiger partial charge in [0.25, 0.3) is 5.91 Å². The highest BCUT2D eigenvalue weighted by molar-refractivity contribution is 6.30. The minimum Gasteiger partial charge on any atom is -0.477 e. The van der Waals surface area contributed by atoms with Crippen molar-refractivity contribution in [3.8, 4) is 5.75 Å². The van der Waals surface area contributed by atoms with E-state index >= 15 is 0 Å². The number of carbonyl (C=O) groups is 1. The minimum atomic E-state index is -0.698. The summed E-state index contributed by atoms with van der Waals surface area (Å²) >= 11 is 5.80. The van der Waals surface area contributed by atoms with Crippen molar-refractivity contribution in [2.24, 2.45) is 0 Å². The number of hydrogen-bond donors (Lipinski definition) is 0. The summed E-state index contributed by atoms with van der Waals surface area (Å²) < 4.78 is 18.3. The van der Waals surface area contributed by atoms with Gasteiger partial charge in [-0.05, 0) is 23.8 Å². The predicted octanol–water partition coefficient (Wildman–Crippen LogP) is 3.42. The number of benzene rings is 2. The Morgan fingerprint density at radius 2 is 1.96 bits per heavy atom. The quantitative estimate of drug-likeness (QED) is 0.589. The van der Waals surface area contributed by atoms with Crippen molar-refractivity contribution < 1.29 is 18.8 Å². The summed E-state index contributed by atoms with van der Waals surface area (Å²) in [5.41, 5.74) is 0.469. The Kier molecular flexibility index (Phi) is 5.70. The molecule has 0 atom stereocenters. The fourth-order valence-corrected chi connectivity index (χ4v) is 2.08. The average Bonchev–Trinajstić information content (AvgIpc) is 2.54. The third-order valence-corrected chi connectivity index (χ3v) is 3.48. The molecular formula is C16H14ClFN2O4. The van der Waals surface area contributed by atoms with E-state index in [1.165, 1.54) is 4.90 Å². The first kappa shape index (κ1) is 17.7. The lowest BCUT2D eigenvalue weighted by Gasteiger charge is -2.17. The van der Waals surface area contributed by atoms with Crippen LogP contribution in [-0.2, 0) is 11.3 Å². The zero-order valence-electron chi connectivity index (χ0n) is 12.7. The molecule has 2 aromatic rings. The number of carbonyl (C=O) groups excluding carboxylic acids is 1. The standard InChI is InChI=1S/C16H14ClFN2O4/c1-19(9-11-2-4-12(17)5-3-11)16(21)10-24-15-8-13(18)6-7-14(15)20(22)23/h2-8H,9-10H2,1H3. The molecule has 1 amide bonds. The van der Waals surface area contributed by atoms with Gasteiger partial charge in [-0.2, -0.15) is 0 Å².